The van der Waals surface area contributed by atoms with Crippen LogP contribution in [0.25, 0.3) is 0 Å². The summed E-state index contributed by atoms with van der Waals surface area (Å²) in [7, 11) is -4.06. The largest absolute Gasteiger partial charge is 0.278 e. The second-order valence-electron chi connectivity index (χ2n) is 7.42. The first-order valence-corrected chi connectivity index (χ1v) is 11.9. The van der Waals surface area contributed by atoms with Gasteiger partial charge in [0.25, 0.3) is 21.6 Å². The fraction of sp³-hybridized carbons (Fsp3) is 0.167. The van der Waals surface area contributed by atoms with Crippen LogP contribution in [0.5, 0.6) is 0 Å². The molecular formula is C24H24N4O5S. The number of anilines is 1. The molecule has 0 unspecified atom stereocenters. The van der Waals surface area contributed by atoms with Gasteiger partial charge in [0.1, 0.15) is 6.54 Å². The van der Waals surface area contributed by atoms with Crippen LogP contribution in [-0.4, -0.2) is 32.0 Å². The summed E-state index contributed by atoms with van der Waals surface area (Å²) in [5.41, 5.74) is 4.36. The van der Waals surface area contributed by atoms with Crippen LogP contribution in [0.15, 0.2) is 82.8 Å². The van der Waals surface area contributed by atoms with Crippen molar-refractivity contribution in [3.63, 3.8) is 0 Å². The molecule has 3 rings (SSSR count). The van der Waals surface area contributed by atoms with Gasteiger partial charge in [-0.05, 0) is 43.2 Å². The van der Waals surface area contributed by atoms with Gasteiger partial charge < -0.3 is 0 Å². The molecule has 0 saturated carbocycles. The van der Waals surface area contributed by atoms with Crippen molar-refractivity contribution in [2.45, 2.75) is 25.2 Å². The van der Waals surface area contributed by atoms with Crippen LogP contribution in [0, 0.1) is 17.0 Å². The van der Waals surface area contributed by atoms with Gasteiger partial charge in [0.2, 0.25) is 0 Å². The van der Waals surface area contributed by atoms with E-state index in [9.17, 15) is 23.3 Å². The summed E-state index contributed by atoms with van der Waals surface area (Å²) >= 11 is 0. The third-order valence-electron chi connectivity index (χ3n) is 5.06. The Morgan fingerprint density at radius 3 is 2.38 bits per heavy atom. The maximum atomic E-state index is 13.5. The number of aryl methyl sites for hydroxylation is 2. The monoisotopic (exact) mass is 480 g/mol. The van der Waals surface area contributed by atoms with Crippen molar-refractivity contribution >= 4 is 33.5 Å². The van der Waals surface area contributed by atoms with Gasteiger partial charge in [-0.15, -0.1) is 0 Å². The van der Waals surface area contributed by atoms with Crippen LogP contribution in [0.3, 0.4) is 0 Å². The molecule has 0 radical (unpaired) electrons. The smallest absolute Gasteiger partial charge is 0.271 e. The average Bonchev–Trinajstić information content (AvgIpc) is 2.83. The van der Waals surface area contributed by atoms with Crippen molar-refractivity contribution in [2.75, 3.05) is 10.8 Å². The molecule has 0 fully saturated rings. The average molecular weight is 481 g/mol. The van der Waals surface area contributed by atoms with Crippen molar-refractivity contribution < 1.29 is 18.1 Å². The molecule has 176 valence electrons. The number of benzene rings is 3. The minimum atomic E-state index is -4.06. The lowest BCUT2D eigenvalue weighted by molar-refractivity contribution is -0.385. The Morgan fingerprint density at radius 1 is 1.06 bits per heavy atom. The Balaban J connectivity index is 1.90. The normalized spacial score (nSPS) is 11.4. The molecule has 3 aromatic carbocycles. The summed E-state index contributed by atoms with van der Waals surface area (Å²) in [6.45, 7) is 3.22. The highest BCUT2D eigenvalue weighted by molar-refractivity contribution is 7.92. The molecule has 0 heterocycles. The number of carbonyl (C=O) groups is 1. The van der Waals surface area contributed by atoms with E-state index in [1.807, 2.05) is 13.8 Å². The topological polar surface area (TPSA) is 122 Å². The summed E-state index contributed by atoms with van der Waals surface area (Å²) in [6, 6.07) is 19.3. The number of carbonyl (C=O) groups excluding carboxylic acids is 1. The quantitative estimate of drug-likeness (QED) is 0.283. The molecule has 1 N–H and O–H groups in total. The van der Waals surface area contributed by atoms with E-state index < -0.39 is 27.4 Å². The predicted octanol–water partition coefficient (Wildman–Crippen LogP) is 3.81. The number of hydrazone groups is 1. The van der Waals surface area contributed by atoms with Crippen molar-refractivity contribution in [2.24, 2.45) is 5.10 Å². The molecule has 0 aromatic heterocycles. The summed E-state index contributed by atoms with van der Waals surface area (Å²) < 4.78 is 28.0. The van der Waals surface area contributed by atoms with Crippen molar-refractivity contribution in [1.29, 1.82) is 0 Å². The first-order valence-electron chi connectivity index (χ1n) is 10.5. The van der Waals surface area contributed by atoms with Crippen molar-refractivity contribution in [3.8, 4) is 0 Å². The van der Waals surface area contributed by atoms with Crippen LogP contribution >= 0.6 is 0 Å². The lowest BCUT2D eigenvalue weighted by Gasteiger charge is -2.25. The number of nitro benzene ring substituents is 1. The van der Waals surface area contributed by atoms with Crippen LogP contribution < -0.4 is 9.73 Å². The highest BCUT2D eigenvalue weighted by Crippen LogP contribution is 2.27. The Morgan fingerprint density at radius 2 is 1.71 bits per heavy atom. The third-order valence-corrected chi connectivity index (χ3v) is 6.84. The zero-order valence-electron chi connectivity index (χ0n) is 18.7. The number of nitrogens with one attached hydrogen (secondary N) is 1. The highest BCUT2D eigenvalue weighted by atomic mass is 32.2. The van der Waals surface area contributed by atoms with Gasteiger partial charge in [0.15, 0.2) is 0 Å². The van der Waals surface area contributed by atoms with Gasteiger partial charge in [-0.1, -0.05) is 55.0 Å². The van der Waals surface area contributed by atoms with E-state index in [0.29, 0.717) is 12.1 Å². The molecule has 0 aliphatic carbocycles. The van der Waals surface area contributed by atoms with E-state index >= 15 is 0 Å². The number of para-hydroxylation sites is 2. The van der Waals surface area contributed by atoms with Gasteiger partial charge in [-0.2, -0.15) is 5.10 Å². The Labute approximate surface area is 197 Å². The van der Waals surface area contributed by atoms with Crippen LogP contribution in [0.2, 0.25) is 0 Å². The molecule has 10 heteroatoms. The van der Waals surface area contributed by atoms with Gasteiger partial charge in [0.05, 0.1) is 27.3 Å². The van der Waals surface area contributed by atoms with E-state index in [0.717, 1.165) is 21.6 Å². The number of nitro groups is 1. The lowest BCUT2D eigenvalue weighted by atomic mass is 10.1. The SMILES string of the molecule is CCc1ccccc1N(CC(=O)N/N=C\c1ccccc1[N+](=O)[O-])S(=O)(=O)c1ccc(C)cc1. The molecule has 1 amide bonds. The molecule has 0 atom stereocenters. The standard InChI is InChI=1S/C24H24N4O5S/c1-3-19-8-4-6-10-22(19)27(34(32,33)21-14-12-18(2)13-15-21)17-24(29)26-25-16-20-9-5-7-11-23(20)28(30)31/h4-16H,3,17H2,1-2H3,(H,26,29)/b25-16-. The molecular weight excluding hydrogens is 456 g/mol. The van der Waals surface area contributed by atoms with Gasteiger partial charge in [-0.25, -0.2) is 13.8 Å². The molecule has 0 aliphatic heterocycles. The maximum absolute atomic E-state index is 13.5. The first kappa shape index (κ1) is 24.6. The summed E-state index contributed by atoms with van der Waals surface area (Å²) in [5.74, 6) is -0.698. The second kappa shape index (κ2) is 10.7. The lowest BCUT2D eigenvalue weighted by Crippen LogP contribution is -2.40. The summed E-state index contributed by atoms with van der Waals surface area (Å²) in [5, 5.41) is 14.9. The van der Waals surface area contributed by atoms with Gasteiger partial charge in [-0.3, -0.25) is 19.2 Å². The van der Waals surface area contributed by atoms with Crippen molar-refractivity contribution in [3.05, 3.63) is 99.6 Å². The fourth-order valence-corrected chi connectivity index (χ4v) is 4.75. The second-order valence-corrected chi connectivity index (χ2v) is 9.28. The summed E-state index contributed by atoms with van der Waals surface area (Å²) in [6.07, 6.45) is 1.71. The number of amides is 1. The van der Waals surface area contributed by atoms with E-state index in [-0.39, 0.29) is 16.1 Å². The molecule has 34 heavy (non-hydrogen) atoms. The first-order chi connectivity index (χ1) is 16.2. The van der Waals surface area contributed by atoms with Crippen LogP contribution in [0.1, 0.15) is 23.6 Å². The molecule has 0 aliphatic rings. The zero-order valence-corrected chi connectivity index (χ0v) is 19.5. The van der Waals surface area contributed by atoms with E-state index in [4.69, 9.17) is 0 Å². The molecule has 0 saturated heterocycles. The van der Waals surface area contributed by atoms with Crippen LogP contribution in [0.4, 0.5) is 11.4 Å². The van der Waals surface area contributed by atoms with E-state index in [2.05, 4.69) is 10.5 Å². The van der Waals surface area contributed by atoms with Crippen LogP contribution in [-0.2, 0) is 21.2 Å². The number of rotatable bonds is 9. The fourth-order valence-electron chi connectivity index (χ4n) is 3.29. The predicted molar refractivity (Wildman–Crippen MR) is 130 cm³/mol. The molecule has 9 nitrogen and oxygen atoms in total. The van der Waals surface area contributed by atoms with Crippen molar-refractivity contribution in [1.82, 2.24) is 5.43 Å². The number of hydrogen-bond acceptors (Lipinski definition) is 6. The molecule has 0 spiro atoms. The minimum absolute atomic E-state index is 0.0558. The van der Waals surface area contributed by atoms with E-state index in [1.165, 1.54) is 30.3 Å². The number of sulfonamides is 1. The van der Waals surface area contributed by atoms with Gasteiger partial charge in [0, 0.05) is 6.07 Å². The zero-order chi connectivity index (χ0) is 24.7. The highest BCUT2D eigenvalue weighted by Gasteiger charge is 2.28. The molecule has 3 aromatic rings. The Kier molecular flexibility index (Phi) is 7.75. The number of hydrogen-bond donors (Lipinski definition) is 1. The Hall–Kier alpha value is -4.05. The third kappa shape index (κ3) is 5.65. The number of nitrogens with zero attached hydrogens (tertiary/aromatic N) is 3. The Bertz CT molecular complexity index is 1320. The maximum Gasteiger partial charge on any atom is 0.278 e. The molecule has 0 bridgehead atoms. The summed E-state index contributed by atoms with van der Waals surface area (Å²) in [4.78, 5) is 23.3. The van der Waals surface area contributed by atoms with Gasteiger partial charge >= 0.3 is 0 Å². The minimum Gasteiger partial charge on any atom is -0.271 e. The van der Waals surface area contributed by atoms with E-state index in [1.54, 1.807) is 42.5 Å².